The molecule has 0 radical (unpaired) electrons. The molecule has 3 heterocycles. The Hall–Kier alpha value is -2.78. The van der Waals surface area contributed by atoms with Crippen LogP contribution in [0.2, 0.25) is 0 Å². The number of hydrogen-bond donors (Lipinski definition) is 1. The van der Waals surface area contributed by atoms with Gasteiger partial charge in [0, 0.05) is 32.1 Å². The fourth-order valence-corrected chi connectivity index (χ4v) is 6.19. The summed E-state index contributed by atoms with van der Waals surface area (Å²) in [5, 5.41) is 6.79. The number of urea groups is 1. The number of aromatic nitrogens is 3. The van der Waals surface area contributed by atoms with Crippen LogP contribution in [0.4, 0.5) is 18.0 Å². The highest BCUT2D eigenvalue weighted by molar-refractivity contribution is 5.75. The fraction of sp³-hybridized carbons (Fsp3) is 0.591. The molecule has 170 valence electrons. The van der Waals surface area contributed by atoms with Crippen molar-refractivity contribution < 1.29 is 22.7 Å². The number of nitrogens with zero attached hydrogens (tertiary/aromatic N) is 4. The van der Waals surface area contributed by atoms with Crippen LogP contribution in [0.15, 0.2) is 30.6 Å². The van der Waals surface area contributed by atoms with Gasteiger partial charge in [-0.25, -0.2) is 9.78 Å². The molecule has 1 aromatic carbocycles. The van der Waals surface area contributed by atoms with E-state index in [-0.39, 0.29) is 23.1 Å². The zero-order valence-electron chi connectivity index (χ0n) is 17.4. The topological polar surface area (TPSA) is 74.3 Å². The third kappa shape index (κ3) is 3.22. The first-order valence-electron chi connectivity index (χ1n) is 11.1. The van der Waals surface area contributed by atoms with Gasteiger partial charge in [0.05, 0.1) is 0 Å². The van der Waals surface area contributed by atoms with E-state index in [1.54, 1.807) is 12.1 Å². The van der Waals surface area contributed by atoms with Crippen molar-refractivity contribution in [3.8, 4) is 5.75 Å². The minimum absolute atomic E-state index is 0.0132. The summed E-state index contributed by atoms with van der Waals surface area (Å²) in [6.45, 7) is 2.95. The molecule has 1 N–H and O–H groups in total. The van der Waals surface area contributed by atoms with Crippen molar-refractivity contribution in [2.45, 2.75) is 37.0 Å². The molecule has 2 aromatic rings. The van der Waals surface area contributed by atoms with Gasteiger partial charge in [0.25, 0.3) is 0 Å². The van der Waals surface area contributed by atoms with Crippen molar-refractivity contribution >= 4 is 6.03 Å². The molecule has 2 aliphatic carbocycles. The molecular weight excluding hydrogens is 423 g/mol. The smallest absolute Gasteiger partial charge is 0.406 e. The van der Waals surface area contributed by atoms with E-state index in [4.69, 9.17) is 0 Å². The number of likely N-dealkylation sites (tertiary alicyclic amines) is 2. The second-order valence-corrected chi connectivity index (χ2v) is 9.66. The van der Waals surface area contributed by atoms with E-state index in [0.29, 0.717) is 24.3 Å². The number of fused-ring (bicyclic) bond motifs is 1. The lowest BCUT2D eigenvalue weighted by molar-refractivity contribution is -0.274. The Labute approximate surface area is 182 Å². The van der Waals surface area contributed by atoms with Gasteiger partial charge in [-0.05, 0) is 60.1 Å². The van der Waals surface area contributed by atoms with Crippen LogP contribution in [0, 0.1) is 17.8 Å². The van der Waals surface area contributed by atoms with Gasteiger partial charge < -0.3 is 14.5 Å². The summed E-state index contributed by atoms with van der Waals surface area (Å²) in [6.07, 6.45) is -0.286. The largest absolute Gasteiger partial charge is 0.573 e. The van der Waals surface area contributed by atoms with Crippen LogP contribution in [0.3, 0.4) is 0 Å². The Morgan fingerprint density at radius 3 is 2.75 bits per heavy atom. The highest BCUT2D eigenvalue weighted by Crippen LogP contribution is 2.73. The molecule has 10 heteroatoms. The standard InChI is InChI=1S/C22H24F3N5O2/c23-22(24,25)32-16-3-1-2-15(6-16)21-7-17(18(21)8-21)14-10-30(11-14)20(31)29-5-4-13(9-29)19-26-12-27-28-19/h1-3,6,12-14,17-18H,4-5,7-11H2,(H,26,27,28)/t13-,17?,18?,21?/m0/s1. The van der Waals surface area contributed by atoms with Gasteiger partial charge in [-0.1, -0.05) is 12.1 Å². The highest BCUT2D eigenvalue weighted by atomic mass is 19.4. The molecule has 1 aromatic heterocycles. The van der Waals surface area contributed by atoms with Crippen LogP contribution >= 0.6 is 0 Å². The lowest BCUT2D eigenvalue weighted by Gasteiger charge is -2.49. The summed E-state index contributed by atoms with van der Waals surface area (Å²) in [7, 11) is 0. The predicted molar refractivity (Wildman–Crippen MR) is 107 cm³/mol. The lowest BCUT2D eigenvalue weighted by Crippen LogP contribution is -2.58. The maximum atomic E-state index is 12.8. The molecule has 3 unspecified atom stereocenters. The second-order valence-electron chi connectivity index (χ2n) is 9.66. The Kier molecular flexibility index (Phi) is 4.26. The average molecular weight is 447 g/mol. The van der Waals surface area contributed by atoms with Crippen molar-refractivity contribution in [3.63, 3.8) is 0 Å². The number of H-pyrrole nitrogens is 1. The molecular formula is C22H24F3N5O2. The highest BCUT2D eigenvalue weighted by Gasteiger charge is 2.69. The molecule has 4 fully saturated rings. The maximum Gasteiger partial charge on any atom is 0.573 e. The van der Waals surface area contributed by atoms with E-state index in [0.717, 1.165) is 50.3 Å². The van der Waals surface area contributed by atoms with Crippen LogP contribution in [0.1, 0.15) is 36.6 Å². The minimum Gasteiger partial charge on any atom is -0.406 e. The summed E-state index contributed by atoms with van der Waals surface area (Å²) < 4.78 is 41.7. The number of ether oxygens (including phenoxy) is 1. The number of nitrogens with one attached hydrogen (secondary N) is 1. The van der Waals surface area contributed by atoms with E-state index in [9.17, 15) is 18.0 Å². The van der Waals surface area contributed by atoms with Gasteiger partial charge >= 0.3 is 12.4 Å². The van der Waals surface area contributed by atoms with Gasteiger partial charge in [-0.2, -0.15) is 5.10 Å². The van der Waals surface area contributed by atoms with Crippen LogP contribution in [-0.2, 0) is 5.41 Å². The predicted octanol–water partition coefficient (Wildman–Crippen LogP) is 3.52. The van der Waals surface area contributed by atoms with E-state index in [1.165, 1.54) is 12.4 Å². The SMILES string of the molecule is O=C(N1CC(C2CC3(c4cccc(OC(F)(F)F)c4)CC23)C1)N1CC[C@H](c2ncn[nH]2)C1. The Balaban J connectivity index is 1.01. The Morgan fingerprint density at radius 1 is 1.19 bits per heavy atom. The molecule has 6 rings (SSSR count). The molecule has 4 aliphatic rings. The van der Waals surface area contributed by atoms with Crippen molar-refractivity contribution in [3.05, 3.63) is 42.0 Å². The molecule has 32 heavy (non-hydrogen) atoms. The molecule has 4 atom stereocenters. The molecule has 2 saturated carbocycles. The van der Waals surface area contributed by atoms with Crippen molar-refractivity contribution in [2.24, 2.45) is 17.8 Å². The van der Waals surface area contributed by atoms with Gasteiger partial charge in [-0.15, -0.1) is 13.2 Å². The van der Waals surface area contributed by atoms with Crippen LogP contribution < -0.4 is 4.74 Å². The summed E-state index contributed by atoms with van der Waals surface area (Å²) in [5.41, 5.74) is 0.961. The van der Waals surface area contributed by atoms with Gasteiger partial charge in [0.2, 0.25) is 0 Å². The number of alkyl halides is 3. The number of aromatic amines is 1. The number of rotatable bonds is 4. The zero-order valence-corrected chi connectivity index (χ0v) is 17.4. The quantitative estimate of drug-likeness (QED) is 0.778. The van der Waals surface area contributed by atoms with Crippen LogP contribution in [-0.4, -0.2) is 63.6 Å². The normalized spacial score (nSPS) is 31.7. The first kappa shape index (κ1) is 19.9. The molecule has 0 spiro atoms. The molecule has 7 nitrogen and oxygen atoms in total. The minimum atomic E-state index is -4.67. The van der Waals surface area contributed by atoms with E-state index in [1.807, 2.05) is 15.9 Å². The lowest BCUT2D eigenvalue weighted by atomic mass is 9.64. The molecule has 2 amide bonds. The number of carbonyl (C=O) groups is 1. The summed E-state index contributed by atoms with van der Waals surface area (Å²) in [4.78, 5) is 20.9. The fourth-order valence-electron chi connectivity index (χ4n) is 6.19. The summed E-state index contributed by atoms with van der Waals surface area (Å²) >= 11 is 0. The number of benzene rings is 1. The van der Waals surface area contributed by atoms with Gasteiger partial charge in [-0.3, -0.25) is 5.10 Å². The number of carbonyl (C=O) groups excluding carboxylic acids is 1. The molecule has 0 bridgehead atoms. The second kappa shape index (κ2) is 6.86. The van der Waals surface area contributed by atoms with Crippen LogP contribution in [0.25, 0.3) is 0 Å². The first-order chi connectivity index (χ1) is 15.3. The van der Waals surface area contributed by atoms with Crippen molar-refractivity contribution in [1.82, 2.24) is 25.0 Å². The van der Waals surface area contributed by atoms with E-state index >= 15 is 0 Å². The average Bonchev–Trinajstić information content (AvgIpc) is 3.14. The Bertz CT molecular complexity index is 1020. The van der Waals surface area contributed by atoms with Crippen LogP contribution in [0.5, 0.6) is 5.75 Å². The number of hydrogen-bond acceptors (Lipinski definition) is 4. The van der Waals surface area contributed by atoms with Crippen molar-refractivity contribution in [1.29, 1.82) is 0 Å². The van der Waals surface area contributed by atoms with Gasteiger partial charge in [0.15, 0.2) is 0 Å². The van der Waals surface area contributed by atoms with Crippen molar-refractivity contribution in [2.75, 3.05) is 26.2 Å². The van der Waals surface area contributed by atoms with Gasteiger partial charge in [0.1, 0.15) is 17.9 Å². The molecule has 2 aliphatic heterocycles. The number of amides is 2. The zero-order chi connectivity index (χ0) is 22.1. The monoisotopic (exact) mass is 447 g/mol. The molecule has 2 saturated heterocycles. The third-order valence-electron chi connectivity index (χ3n) is 7.96. The third-order valence-corrected chi connectivity index (χ3v) is 7.96. The first-order valence-corrected chi connectivity index (χ1v) is 11.1. The number of halogens is 3. The van der Waals surface area contributed by atoms with E-state index < -0.39 is 6.36 Å². The Morgan fingerprint density at radius 2 is 2.03 bits per heavy atom. The summed E-state index contributed by atoms with van der Waals surface area (Å²) in [6, 6.07) is 6.54. The summed E-state index contributed by atoms with van der Waals surface area (Å²) in [5.74, 6) is 2.45. The maximum absolute atomic E-state index is 12.8. The van der Waals surface area contributed by atoms with E-state index in [2.05, 4.69) is 19.9 Å².